The third kappa shape index (κ3) is 5.40. The number of hydrogen-bond donors (Lipinski definition) is 2. The largest absolute Gasteiger partial charge is 0.573 e. The Morgan fingerprint density at radius 2 is 1.76 bits per heavy atom. The summed E-state index contributed by atoms with van der Waals surface area (Å²) in [7, 11) is 0. The van der Waals surface area contributed by atoms with Crippen LogP contribution in [-0.2, 0) is 16.9 Å². The number of alkyl halides is 3. The summed E-state index contributed by atoms with van der Waals surface area (Å²) in [5, 5.41) is 11.5. The normalized spacial score (nSPS) is 22.7. The van der Waals surface area contributed by atoms with E-state index in [0.717, 1.165) is 70.7 Å². The molecule has 1 aliphatic carbocycles. The number of aromatic nitrogens is 2. The van der Waals surface area contributed by atoms with Gasteiger partial charge in [-0.2, -0.15) is 0 Å². The highest BCUT2D eigenvalue weighted by atomic mass is 32.1. The molecule has 4 heterocycles. The van der Waals surface area contributed by atoms with Crippen LogP contribution in [0.25, 0.3) is 21.3 Å². The number of H-pyrrole nitrogens is 1. The minimum atomic E-state index is -4.77. The average Bonchev–Trinajstić information content (AvgIpc) is 3.44. The van der Waals surface area contributed by atoms with Crippen molar-refractivity contribution >= 4 is 26.7 Å². The lowest BCUT2D eigenvalue weighted by Crippen LogP contribution is -2.45. The molecule has 4 aromatic rings. The van der Waals surface area contributed by atoms with Gasteiger partial charge < -0.3 is 24.5 Å². The number of piperidine rings is 1. The Morgan fingerprint density at radius 1 is 1.02 bits per heavy atom. The van der Waals surface area contributed by atoms with E-state index in [1.165, 1.54) is 6.07 Å². The zero-order valence-corrected chi connectivity index (χ0v) is 24.4. The number of nitrogens with one attached hydrogen (secondary N) is 1. The topological polar surface area (TPSA) is 70.6 Å². The first kappa shape index (κ1) is 27.7. The Kier molecular flexibility index (Phi) is 6.79. The number of ether oxygens (including phenoxy) is 2. The molecular weight excluding hydrogens is 563 g/mol. The van der Waals surface area contributed by atoms with Gasteiger partial charge in [0.2, 0.25) is 0 Å². The molecule has 2 aromatic heterocycles. The molecule has 0 spiro atoms. The van der Waals surface area contributed by atoms with Crippen molar-refractivity contribution in [1.82, 2.24) is 9.97 Å². The van der Waals surface area contributed by atoms with Gasteiger partial charge in [-0.25, -0.2) is 4.98 Å². The number of nitrogens with zero attached hydrogens (tertiary/aromatic N) is 2. The second kappa shape index (κ2) is 10.3. The lowest BCUT2D eigenvalue weighted by Gasteiger charge is -2.38. The van der Waals surface area contributed by atoms with E-state index in [4.69, 9.17) is 9.72 Å². The highest BCUT2D eigenvalue weighted by Crippen LogP contribution is 2.47. The molecule has 1 saturated carbocycles. The molecule has 2 aromatic carbocycles. The fraction of sp³-hybridized carbons (Fsp3) is 0.469. The van der Waals surface area contributed by atoms with Crippen LogP contribution in [-0.4, -0.2) is 39.6 Å². The lowest BCUT2D eigenvalue weighted by molar-refractivity contribution is -0.274. The van der Waals surface area contributed by atoms with Crippen LogP contribution in [0.5, 0.6) is 5.75 Å². The lowest BCUT2D eigenvalue weighted by atomic mass is 9.98. The Hall–Kier alpha value is -3.08. The van der Waals surface area contributed by atoms with Gasteiger partial charge in [-0.15, -0.1) is 13.2 Å². The molecule has 2 atom stereocenters. The molecule has 0 radical (unpaired) electrons. The second-order valence-electron chi connectivity index (χ2n) is 12.3. The average molecular weight is 598 g/mol. The predicted molar refractivity (Wildman–Crippen MR) is 157 cm³/mol. The quantitative estimate of drug-likeness (QED) is 0.215. The smallest absolute Gasteiger partial charge is 0.405 e. The summed E-state index contributed by atoms with van der Waals surface area (Å²) in [5.74, 6) is 0.187. The molecule has 3 aliphatic rings. The molecular formula is C32H34F3N3O3S. The zero-order valence-electron chi connectivity index (χ0n) is 23.6. The molecule has 222 valence electrons. The van der Waals surface area contributed by atoms with E-state index in [9.17, 15) is 18.3 Å². The molecule has 6 nitrogen and oxygen atoms in total. The van der Waals surface area contributed by atoms with Crippen molar-refractivity contribution in [1.29, 1.82) is 0 Å². The molecule has 7 rings (SSSR count). The van der Waals surface area contributed by atoms with Crippen molar-refractivity contribution in [3.8, 4) is 16.9 Å². The van der Waals surface area contributed by atoms with Crippen LogP contribution in [0.4, 0.5) is 18.3 Å². The minimum Gasteiger partial charge on any atom is -0.405 e. The number of benzene rings is 2. The monoisotopic (exact) mass is 597 g/mol. The van der Waals surface area contributed by atoms with Crippen LogP contribution >= 0.6 is 11.3 Å². The van der Waals surface area contributed by atoms with E-state index in [1.807, 2.05) is 18.2 Å². The molecule has 0 amide bonds. The first-order valence-corrected chi connectivity index (χ1v) is 15.4. The number of aliphatic hydroxyl groups is 1. The third-order valence-electron chi connectivity index (χ3n) is 8.87. The van der Waals surface area contributed by atoms with Gasteiger partial charge in [0.15, 0.2) is 5.13 Å². The molecule has 10 heteroatoms. The van der Waals surface area contributed by atoms with Crippen LogP contribution in [0.3, 0.4) is 0 Å². The van der Waals surface area contributed by atoms with Gasteiger partial charge in [-0.1, -0.05) is 35.6 Å². The number of anilines is 1. The fourth-order valence-electron chi connectivity index (χ4n) is 6.68. The van der Waals surface area contributed by atoms with Crippen LogP contribution in [0, 0.1) is 0 Å². The van der Waals surface area contributed by atoms with Crippen molar-refractivity contribution in [3.63, 3.8) is 0 Å². The number of hydrogen-bond acceptors (Lipinski definition) is 6. The van der Waals surface area contributed by atoms with Gasteiger partial charge in [0, 0.05) is 40.7 Å². The summed E-state index contributed by atoms with van der Waals surface area (Å²) < 4.78 is 51.5. The SMILES string of the molecule is CC(C)(O)c1ccc2nc(N3C4CCC3CC(OCc3c(-c5ccccc5OC(F)(F)F)c[nH]c3C3CC3)C4)sc2c1. The zero-order chi connectivity index (χ0) is 29.2. The summed E-state index contributed by atoms with van der Waals surface area (Å²) in [6.45, 7) is 3.93. The molecule has 2 aliphatic heterocycles. The summed E-state index contributed by atoms with van der Waals surface area (Å²) >= 11 is 1.68. The van der Waals surface area contributed by atoms with Gasteiger partial charge in [0.1, 0.15) is 5.75 Å². The highest BCUT2D eigenvalue weighted by molar-refractivity contribution is 7.22. The van der Waals surface area contributed by atoms with Gasteiger partial charge in [-0.05, 0) is 82.1 Å². The fourth-order valence-corrected chi connectivity index (χ4v) is 7.83. The van der Waals surface area contributed by atoms with Crippen molar-refractivity contribution in [2.24, 2.45) is 0 Å². The van der Waals surface area contributed by atoms with Gasteiger partial charge in [0.05, 0.1) is 28.5 Å². The second-order valence-corrected chi connectivity index (χ2v) is 13.4. The summed E-state index contributed by atoms with van der Waals surface area (Å²) in [5.41, 5.74) is 4.03. The number of aromatic amines is 1. The Bertz CT molecular complexity index is 1590. The van der Waals surface area contributed by atoms with Crippen LogP contribution in [0.1, 0.15) is 75.1 Å². The molecule has 2 N–H and O–H groups in total. The number of rotatable bonds is 8. The van der Waals surface area contributed by atoms with E-state index in [2.05, 4.69) is 14.6 Å². The summed E-state index contributed by atoms with van der Waals surface area (Å²) in [6.07, 6.45) is 3.16. The van der Waals surface area contributed by atoms with Crippen molar-refractivity contribution in [2.45, 2.75) is 95.0 Å². The van der Waals surface area contributed by atoms with Crippen LogP contribution in [0.15, 0.2) is 48.7 Å². The van der Waals surface area contributed by atoms with Crippen LogP contribution < -0.4 is 9.64 Å². The van der Waals surface area contributed by atoms with Crippen molar-refractivity contribution in [3.05, 3.63) is 65.5 Å². The van der Waals surface area contributed by atoms with E-state index < -0.39 is 12.0 Å². The van der Waals surface area contributed by atoms with Gasteiger partial charge >= 0.3 is 6.36 Å². The molecule has 2 bridgehead atoms. The maximum atomic E-state index is 13.2. The summed E-state index contributed by atoms with van der Waals surface area (Å²) in [4.78, 5) is 10.8. The molecule has 2 saturated heterocycles. The van der Waals surface area contributed by atoms with E-state index in [0.29, 0.717) is 35.7 Å². The maximum Gasteiger partial charge on any atom is 0.573 e. The third-order valence-corrected chi connectivity index (χ3v) is 9.90. The molecule has 42 heavy (non-hydrogen) atoms. The number of halogens is 3. The Morgan fingerprint density at radius 3 is 2.45 bits per heavy atom. The number of fused-ring (bicyclic) bond motifs is 3. The maximum absolute atomic E-state index is 13.2. The minimum absolute atomic E-state index is 0.0615. The van der Waals surface area contributed by atoms with E-state index in [1.54, 1.807) is 49.6 Å². The number of thiazole rings is 1. The first-order valence-electron chi connectivity index (χ1n) is 14.6. The van der Waals surface area contributed by atoms with Crippen molar-refractivity contribution in [2.75, 3.05) is 4.90 Å². The van der Waals surface area contributed by atoms with Gasteiger partial charge in [-0.3, -0.25) is 0 Å². The molecule has 2 unspecified atom stereocenters. The van der Waals surface area contributed by atoms with Crippen LogP contribution in [0.2, 0.25) is 0 Å². The summed E-state index contributed by atoms with van der Waals surface area (Å²) in [6, 6.07) is 12.9. The van der Waals surface area contributed by atoms with E-state index in [-0.39, 0.29) is 11.9 Å². The number of para-hydroxylation sites is 1. The first-order chi connectivity index (χ1) is 20.0. The molecule has 3 fully saturated rings. The Balaban J connectivity index is 1.09. The van der Waals surface area contributed by atoms with Gasteiger partial charge in [0.25, 0.3) is 0 Å². The predicted octanol–water partition coefficient (Wildman–Crippen LogP) is 8.01. The Labute approximate surface area is 246 Å². The highest BCUT2D eigenvalue weighted by Gasteiger charge is 2.43. The van der Waals surface area contributed by atoms with Crippen molar-refractivity contribution < 1.29 is 27.8 Å². The standard InChI is InChI=1S/C32H34F3N3O3S/c1-31(2,39)19-9-12-26-28(13-19)42-30(37-26)38-20-10-11-21(38)15-22(14-20)40-17-25-24(16-36-29(25)18-7-8-18)23-5-3-4-6-27(23)41-32(33,34)35/h3-6,9,12-13,16,18,20-22,36,39H,7-8,10-11,14-15,17H2,1-2H3. The van der Waals surface area contributed by atoms with E-state index >= 15 is 0 Å².